The van der Waals surface area contributed by atoms with Crippen LogP contribution in [-0.4, -0.2) is 9.97 Å². The SMILES string of the molecule is CC(C)Cc1ncnc(Cl)c1F. The molecule has 0 N–H and O–H groups in total. The molecule has 1 heterocycles. The van der Waals surface area contributed by atoms with Gasteiger partial charge in [0.2, 0.25) is 0 Å². The number of nitrogens with zero attached hydrogens (tertiary/aromatic N) is 2. The van der Waals surface area contributed by atoms with E-state index in [2.05, 4.69) is 9.97 Å². The van der Waals surface area contributed by atoms with Crippen molar-refractivity contribution in [3.63, 3.8) is 0 Å². The molecule has 1 aromatic rings. The number of rotatable bonds is 2. The summed E-state index contributed by atoms with van der Waals surface area (Å²) in [7, 11) is 0. The Bertz CT molecular complexity index is 276. The van der Waals surface area contributed by atoms with Gasteiger partial charge in [0.05, 0.1) is 5.69 Å². The van der Waals surface area contributed by atoms with E-state index in [-0.39, 0.29) is 5.15 Å². The summed E-state index contributed by atoms with van der Waals surface area (Å²) in [6.45, 7) is 3.99. The predicted octanol–water partition coefficient (Wildman–Crippen LogP) is 2.47. The quantitative estimate of drug-likeness (QED) is 0.667. The summed E-state index contributed by atoms with van der Waals surface area (Å²) in [5, 5.41) is -0.0966. The Hall–Kier alpha value is -0.700. The zero-order valence-corrected chi connectivity index (χ0v) is 7.77. The van der Waals surface area contributed by atoms with E-state index in [1.165, 1.54) is 6.33 Å². The Morgan fingerprint density at radius 2 is 2.17 bits per heavy atom. The molecule has 0 atom stereocenters. The average Bonchev–Trinajstić information content (AvgIpc) is 1.98. The minimum absolute atomic E-state index is 0.0966. The van der Waals surface area contributed by atoms with Crippen LogP contribution in [0.1, 0.15) is 19.5 Å². The molecule has 0 saturated heterocycles. The highest BCUT2D eigenvalue weighted by Crippen LogP contribution is 2.15. The highest BCUT2D eigenvalue weighted by molar-refractivity contribution is 6.29. The fourth-order valence-corrected chi connectivity index (χ4v) is 1.06. The minimum atomic E-state index is -0.493. The second-order valence-electron chi connectivity index (χ2n) is 3.02. The Morgan fingerprint density at radius 3 is 2.75 bits per heavy atom. The molecule has 0 spiro atoms. The third kappa shape index (κ3) is 2.14. The topological polar surface area (TPSA) is 25.8 Å². The fraction of sp³-hybridized carbons (Fsp3) is 0.500. The summed E-state index contributed by atoms with van der Waals surface area (Å²) in [5.74, 6) is -0.127. The average molecular weight is 189 g/mol. The van der Waals surface area contributed by atoms with Crippen molar-refractivity contribution in [2.45, 2.75) is 20.3 Å². The molecule has 12 heavy (non-hydrogen) atoms. The summed E-state index contributed by atoms with van der Waals surface area (Å²) in [4.78, 5) is 7.33. The molecule has 0 radical (unpaired) electrons. The third-order valence-corrected chi connectivity index (χ3v) is 1.68. The van der Waals surface area contributed by atoms with E-state index in [4.69, 9.17) is 11.6 Å². The first-order valence-corrected chi connectivity index (χ1v) is 4.14. The summed E-state index contributed by atoms with van der Waals surface area (Å²) in [6, 6.07) is 0. The first-order chi connectivity index (χ1) is 5.61. The van der Waals surface area contributed by atoms with Crippen LogP contribution in [0.4, 0.5) is 4.39 Å². The predicted molar refractivity (Wildman–Crippen MR) is 45.5 cm³/mol. The van der Waals surface area contributed by atoms with Crippen LogP contribution in [0.25, 0.3) is 0 Å². The monoisotopic (exact) mass is 188 g/mol. The Balaban J connectivity index is 2.92. The van der Waals surface area contributed by atoms with Gasteiger partial charge in [-0.15, -0.1) is 0 Å². The third-order valence-electron chi connectivity index (χ3n) is 1.42. The van der Waals surface area contributed by atoms with Gasteiger partial charge < -0.3 is 0 Å². The molecular formula is C8H10ClFN2. The van der Waals surface area contributed by atoms with Crippen molar-refractivity contribution in [2.24, 2.45) is 5.92 Å². The summed E-state index contributed by atoms with van der Waals surface area (Å²) in [6.07, 6.45) is 1.87. The molecule has 0 aliphatic heterocycles. The van der Waals surface area contributed by atoms with Gasteiger partial charge in [-0.1, -0.05) is 25.4 Å². The zero-order valence-electron chi connectivity index (χ0n) is 7.01. The van der Waals surface area contributed by atoms with Crippen LogP contribution in [-0.2, 0) is 6.42 Å². The van der Waals surface area contributed by atoms with Gasteiger partial charge >= 0.3 is 0 Å². The first-order valence-electron chi connectivity index (χ1n) is 3.76. The van der Waals surface area contributed by atoms with E-state index >= 15 is 0 Å². The second kappa shape index (κ2) is 3.81. The molecule has 1 rings (SSSR count). The van der Waals surface area contributed by atoms with Crippen LogP contribution in [0.3, 0.4) is 0 Å². The van der Waals surface area contributed by atoms with Gasteiger partial charge in [-0.3, -0.25) is 0 Å². The fourth-order valence-electron chi connectivity index (χ4n) is 0.911. The Kier molecular flexibility index (Phi) is 2.98. The molecule has 4 heteroatoms. The van der Waals surface area contributed by atoms with Gasteiger partial charge in [0.1, 0.15) is 6.33 Å². The standard InChI is InChI=1S/C8H10ClFN2/c1-5(2)3-6-7(10)8(9)12-4-11-6/h4-5H,3H2,1-2H3. The Morgan fingerprint density at radius 1 is 1.50 bits per heavy atom. The smallest absolute Gasteiger partial charge is 0.181 e. The van der Waals surface area contributed by atoms with Gasteiger partial charge in [-0.25, -0.2) is 14.4 Å². The molecule has 0 saturated carbocycles. The molecule has 0 amide bonds. The molecule has 0 fully saturated rings. The van der Waals surface area contributed by atoms with Crippen LogP contribution < -0.4 is 0 Å². The van der Waals surface area contributed by atoms with Crippen LogP contribution in [0.15, 0.2) is 6.33 Å². The molecule has 0 aromatic carbocycles. The van der Waals surface area contributed by atoms with Crippen molar-refractivity contribution < 1.29 is 4.39 Å². The molecule has 66 valence electrons. The van der Waals surface area contributed by atoms with Crippen LogP contribution in [0.5, 0.6) is 0 Å². The summed E-state index contributed by atoms with van der Waals surface area (Å²) >= 11 is 5.47. The normalized spacial score (nSPS) is 10.8. The lowest BCUT2D eigenvalue weighted by molar-refractivity contribution is 0.554. The van der Waals surface area contributed by atoms with Crippen LogP contribution in [0, 0.1) is 11.7 Å². The minimum Gasteiger partial charge on any atom is -0.238 e. The van der Waals surface area contributed by atoms with Crippen molar-refractivity contribution >= 4 is 11.6 Å². The molecule has 2 nitrogen and oxygen atoms in total. The highest BCUT2D eigenvalue weighted by Gasteiger charge is 2.09. The lowest BCUT2D eigenvalue weighted by atomic mass is 10.1. The summed E-state index contributed by atoms with van der Waals surface area (Å²) < 4.78 is 13.1. The van der Waals surface area contributed by atoms with Crippen molar-refractivity contribution in [3.8, 4) is 0 Å². The number of halogens is 2. The van der Waals surface area contributed by atoms with E-state index in [1.54, 1.807) is 0 Å². The van der Waals surface area contributed by atoms with E-state index < -0.39 is 5.82 Å². The zero-order chi connectivity index (χ0) is 9.14. The second-order valence-corrected chi connectivity index (χ2v) is 3.38. The van der Waals surface area contributed by atoms with Crippen LogP contribution >= 0.6 is 11.6 Å². The van der Waals surface area contributed by atoms with E-state index in [9.17, 15) is 4.39 Å². The van der Waals surface area contributed by atoms with Crippen molar-refractivity contribution in [1.29, 1.82) is 0 Å². The van der Waals surface area contributed by atoms with E-state index in [0.717, 1.165) is 0 Å². The number of hydrogen-bond donors (Lipinski definition) is 0. The molecule has 0 bridgehead atoms. The lowest BCUT2D eigenvalue weighted by Crippen LogP contribution is -2.02. The molecule has 1 aromatic heterocycles. The largest absolute Gasteiger partial charge is 0.238 e. The maximum Gasteiger partial charge on any atom is 0.181 e. The molecule has 0 unspecified atom stereocenters. The maximum atomic E-state index is 13.1. The van der Waals surface area contributed by atoms with Gasteiger partial charge in [-0.2, -0.15) is 0 Å². The summed E-state index contributed by atoms with van der Waals surface area (Å²) in [5.41, 5.74) is 0.394. The van der Waals surface area contributed by atoms with Crippen molar-refractivity contribution in [1.82, 2.24) is 9.97 Å². The van der Waals surface area contributed by atoms with Gasteiger partial charge in [0, 0.05) is 0 Å². The number of aromatic nitrogens is 2. The van der Waals surface area contributed by atoms with E-state index in [0.29, 0.717) is 18.0 Å². The van der Waals surface area contributed by atoms with Crippen molar-refractivity contribution in [3.05, 3.63) is 23.0 Å². The number of hydrogen-bond acceptors (Lipinski definition) is 2. The van der Waals surface area contributed by atoms with Gasteiger partial charge in [0.25, 0.3) is 0 Å². The molecule has 0 aliphatic rings. The molecule has 0 aliphatic carbocycles. The van der Waals surface area contributed by atoms with E-state index in [1.807, 2.05) is 13.8 Å². The van der Waals surface area contributed by atoms with Crippen molar-refractivity contribution in [2.75, 3.05) is 0 Å². The lowest BCUT2D eigenvalue weighted by Gasteiger charge is -2.04. The van der Waals surface area contributed by atoms with Gasteiger partial charge in [0.15, 0.2) is 11.0 Å². The van der Waals surface area contributed by atoms with Crippen LogP contribution in [0.2, 0.25) is 5.15 Å². The Labute approximate surface area is 75.8 Å². The van der Waals surface area contributed by atoms with Gasteiger partial charge in [-0.05, 0) is 12.3 Å². The molecular weight excluding hydrogens is 179 g/mol. The maximum absolute atomic E-state index is 13.1. The highest BCUT2D eigenvalue weighted by atomic mass is 35.5. The first kappa shape index (κ1) is 9.39.